The predicted molar refractivity (Wildman–Crippen MR) is 191 cm³/mol. The highest BCUT2D eigenvalue weighted by Crippen LogP contribution is 2.45. The van der Waals surface area contributed by atoms with Crippen molar-refractivity contribution >= 4 is 34.4 Å². The summed E-state index contributed by atoms with van der Waals surface area (Å²) in [6.07, 6.45) is 8.01. The summed E-state index contributed by atoms with van der Waals surface area (Å²) in [5.74, 6) is -0.817. The second kappa shape index (κ2) is 14.2. The summed E-state index contributed by atoms with van der Waals surface area (Å²) in [4.78, 5) is 47.6. The number of anilines is 1. The lowest BCUT2D eigenvalue weighted by Crippen LogP contribution is -2.55. The fraction of sp³-hybridized carbons (Fsp3) is 0.350. The predicted octanol–water partition coefficient (Wildman–Crippen LogP) is 6.22. The van der Waals surface area contributed by atoms with Gasteiger partial charge in [-0.15, -0.1) is 0 Å². The Morgan fingerprint density at radius 1 is 1.00 bits per heavy atom. The summed E-state index contributed by atoms with van der Waals surface area (Å²) >= 11 is 0. The number of carboxylic acids is 1. The van der Waals surface area contributed by atoms with Gasteiger partial charge in [0.15, 0.2) is 0 Å². The van der Waals surface area contributed by atoms with E-state index < -0.39 is 35.6 Å². The maximum atomic E-state index is 14.5. The molecule has 2 aliphatic heterocycles. The number of hydrogen-bond acceptors (Lipinski definition) is 7. The average Bonchev–Trinajstić information content (AvgIpc) is 3.67. The van der Waals surface area contributed by atoms with Gasteiger partial charge in [0, 0.05) is 41.1 Å². The fourth-order valence-electron chi connectivity index (χ4n) is 7.22. The number of pyridine rings is 1. The Morgan fingerprint density at radius 3 is 2.54 bits per heavy atom. The van der Waals surface area contributed by atoms with Gasteiger partial charge in [-0.1, -0.05) is 73.5 Å². The minimum atomic E-state index is -1.38. The summed E-state index contributed by atoms with van der Waals surface area (Å²) in [5.41, 5.74) is 1.75. The van der Waals surface area contributed by atoms with Crippen molar-refractivity contribution in [1.82, 2.24) is 15.2 Å². The molecule has 2 fully saturated rings. The molecule has 258 valence electrons. The molecule has 4 aromatic rings. The molecule has 3 aliphatic rings. The van der Waals surface area contributed by atoms with E-state index in [4.69, 9.17) is 14.5 Å². The molecule has 3 aromatic carbocycles. The number of nitrogens with zero attached hydrogens (tertiary/aromatic N) is 2. The van der Waals surface area contributed by atoms with E-state index in [1.165, 1.54) is 0 Å². The van der Waals surface area contributed by atoms with Crippen LogP contribution in [0.25, 0.3) is 22.2 Å². The zero-order valence-electron chi connectivity index (χ0n) is 28.1. The third-order valence-electron chi connectivity index (χ3n) is 10.1. The highest BCUT2D eigenvalue weighted by Gasteiger charge is 2.61. The first-order valence-electron chi connectivity index (χ1n) is 17.4. The molecule has 0 bridgehead atoms. The molecule has 0 unspecified atom stereocenters. The van der Waals surface area contributed by atoms with Crippen LogP contribution in [0.3, 0.4) is 0 Å². The van der Waals surface area contributed by atoms with E-state index in [9.17, 15) is 19.5 Å². The third-order valence-corrected chi connectivity index (χ3v) is 10.1. The molecule has 10 nitrogen and oxygen atoms in total. The summed E-state index contributed by atoms with van der Waals surface area (Å²) in [6, 6.07) is 25.4. The smallest absolute Gasteiger partial charge is 0.330 e. The van der Waals surface area contributed by atoms with Gasteiger partial charge >= 0.3 is 5.97 Å². The summed E-state index contributed by atoms with van der Waals surface area (Å²) < 4.78 is 12.2. The van der Waals surface area contributed by atoms with Crippen LogP contribution in [0, 0.1) is 5.92 Å². The van der Waals surface area contributed by atoms with Gasteiger partial charge in [0.25, 0.3) is 0 Å². The van der Waals surface area contributed by atoms with Crippen LogP contribution in [0.4, 0.5) is 5.69 Å². The number of carbonyl (C=O) groups excluding carboxylic acids is 2. The number of fused-ring (bicyclic) bond motifs is 3. The number of aromatic nitrogens is 1. The molecule has 50 heavy (non-hydrogen) atoms. The van der Waals surface area contributed by atoms with Crippen molar-refractivity contribution in [3.05, 3.63) is 97.1 Å². The number of allylic oxidation sites excluding steroid dienone is 1. The Bertz CT molecular complexity index is 1900. The van der Waals surface area contributed by atoms with Crippen LogP contribution in [0.1, 0.15) is 44.9 Å². The molecule has 2 amide bonds. The van der Waals surface area contributed by atoms with Crippen LogP contribution >= 0.6 is 0 Å². The van der Waals surface area contributed by atoms with E-state index in [2.05, 4.69) is 10.6 Å². The molecule has 0 radical (unpaired) electrons. The SMILES string of the molecule is COc1ccc2c(O[C@@H]3C[C@H]4C(=O)N[C@]5(C(=O)O)C[C@H]5/C=C\CCCCC[C@H](Nc5ccccc5)C(=O)N4C3)cc(-c3ccccc3)nc2c1. The Morgan fingerprint density at radius 2 is 1.78 bits per heavy atom. The average molecular weight is 675 g/mol. The first kappa shape index (κ1) is 33.1. The van der Waals surface area contributed by atoms with E-state index in [0.29, 0.717) is 35.6 Å². The van der Waals surface area contributed by atoms with Crippen LogP contribution < -0.4 is 20.1 Å². The maximum Gasteiger partial charge on any atom is 0.330 e. The zero-order chi connectivity index (χ0) is 34.7. The number of ether oxygens (including phenoxy) is 2. The van der Waals surface area contributed by atoms with Crippen molar-refractivity contribution in [2.24, 2.45) is 5.92 Å². The minimum Gasteiger partial charge on any atom is -0.497 e. The first-order valence-corrected chi connectivity index (χ1v) is 17.4. The second-order valence-electron chi connectivity index (χ2n) is 13.4. The molecule has 7 rings (SSSR count). The standard InChI is InChI=1S/C40H42N4O6/c1-49-29-19-20-31-34(21-29)42-33(26-13-7-5-8-14-26)23-36(31)50-30-22-35-37(45)43-40(39(47)48)24-27(40)15-9-3-2-4-12-18-32(38(46)44(35)25-30)41-28-16-10-6-11-17-28/h5-11,13-17,19-21,23,27,30,32,35,41H,2-4,12,18,22,24-25H2,1H3,(H,43,45)(H,47,48)/b15-9-/t27-,30-,32+,35+,40-/m1/s1. The largest absolute Gasteiger partial charge is 0.497 e. The van der Waals surface area contributed by atoms with Gasteiger partial charge in [-0.25, -0.2) is 9.78 Å². The molecule has 3 N–H and O–H groups in total. The Hall–Kier alpha value is -5.38. The highest BCUT2D eigenvalue weighted by atomic mass is 16.5. The number of amides is 2. The number of hydrogen-bond donors (Lipinski definition) is 3. The Balaban J connectivity index is 1.23. The van der Waals surface area contributed by atoms with Gasteiger partial charge in [-0.05, 0) is 49.9 Å². The van der Waals surface area contributed by atoms with E-state index in [0.717, 1.165) is 42.3 Å². The first-order chi connectivity index (χ1) is 24.3. The quantitative estimate of drug-likeness (QED) is 0.197. The lowest BCUT2D eigenvalue weighted by Gasteiger charge is -2.30. The van der Waals surface area contributed by atoms with Crippen molar-refractivity contribution in [1.29, 1.82) is 0 Å². The van der Waals surface area contributed by atoms with Crippen molar-refractivity contribution in [2.75, 3.05) is 19.0 Å². The monoisotopic (exact) mass is 674 g/mol. The summed E-state index contributed by atoms with van der Waals surface area (Å²) in [6.45, 7) is 0.161. The number of rotatable bonds is 7. The Labute approximate surface area is 291 Å². The lowest BCUT2D eigenvalue weighted by atomic mass is 10.0. The number of methoxy groups -OCH3 is 1. The molecule has 1 saturated carbocycles. The Kier molecular flexibility index (Phi) is 9.43. The number of aliphatic carboxylic acids is 1. The van der Waals surface area contributed by atoms with E-state index in [-0.39, 0.29) is 24.8 Å². The molecule has 1 saturated heterocycles. The maximum absolute atomic E-state index is 14.5. The van der Waals surface area contributed by atoms with Crippen LogP contribution in [-0.2, 0) is 14.4 Å². The zero-order valence-corrected chi connectivity index (χ0v) is 28.1. The molecule has 1 aromatic heterocycles. The van der Waals surface area contributed by atoms with Crippen LogP contribution in [-0.4, -0.2) is 70.2 Å². The van der Waals surface area contributed by atoms with Gasteiger partial charge in [0.05, 0.1) is 24.9 Å². The van der Waals surface area contributed by atoms with E-state index in [1.807, 2.05) is 97.1 Å². The molecular weight excluding hydrogens is 632 g/mol. The van der Waals surface area contributed by atoms with Crippen LogP contribution in [0.2, 0.25) is 0 Å². The number of carbonyl (C=O) groups is 3. The number of para-hydroxylation sites is 1. The number of benzene rings is 3. The third kappa shape index (κ3) is 6.88. The van der Waals surface area contributed by atoms with Crippen LogP contribution in [0.5, 0.6) is 11.5 Å². The van der Waals surface area contributed by atoms with Gasteiger partial charge in [0.1, 0.15) is 35.2 Å². The molecule has 1 aliphatic carbocycles. The van der Waals surface area contributed by atoms with Crippen molar-refractivity contribution in [2.45, 2.75) is 68.7 Å². The molecule has 5 atom stereocenters. The normalized spacial score (nSPS) is 26.1. The van der Waals surface area contributed by atoms with Crippen molar-refractivity contribution in [3.8, 4) is 22.8 Å². The van der Waals surface area contributed by atoms with Gasteiger partial charge < -0.3 is 30.1 Å². The summed E-state index contributed by atoms with van der Waals surface area (Å²) in [7, 11) is 1.61. The van der Waals surface area contributed by atoms with Gasteiger partial charge in [0.2, 0.25) is 11.8 Å². The lowest BCUT2D eigenvalue weighted by molar-refractivity contribution is -0.145. The molecule has 0 spiro atoms. The second-order valence-corrected chi connectivity index (χ2v) is 13.4. The number of carboxylic acid groups (broad SMARTS) is 1. The van der Waals surface area contributed by atoms with Gasteiger partial charge in [-0.3, -0.25) is 9.59 Å². The summed E-state index contributed by atoms with van der Waals surface area (Å²) in [5, 5.41) is 17.3. The topological polar surface area (TPSA) is 130 Å². The molecule has 3 heterocycles. The van der Waals surface area contributed by atoms with E-state index >= 15 is 0 Å². The fourth-order valence-corrected chi connectivity index (χ4v) is 7.22. The highest BCUT2D eigenvalue weighted by molar-refractivity contribution is 5.96. The van der Waals surface area contributed by atoms with Crippen molar-refractivity contribution in [3.63, 3.8) is 0 Å². The molecule has 10 heteroatoms. The van der Waals surface area contributed by atoms with Gasteiger partial charge in [-0.2, -0.15) is 0 Å². The van der Waals surface area contributed by atoms with Crippen molar-refractivity contribution < 1.29 is 29.0 Å². The minimum absolute atomic E-state index is 0.161. The number of nitrogens with one attached hydrogen (secondary N) is 2. The van der Waals surface area contributed by atoms with Crippen LogP contribution in [0.15, 0.2) is 97.1 Å². The molecular formula is C40H42N4O6. The van der Waals surface area contributed by atoms with E-state index in [1.54, 1.807) is 12.0 Å².